The SMILES string of the molecule is CCCN(C(=O)C1CNCCO1)C1CCNC1. The topological polar surface area (TPSA) is 53.6 Å². The minimum atomic E-state index is -0.282. The van der Waals surface area contributed by atoms with Crippen LogP contribution in [0.2, 0.25) is 0 Å². The van der Waals surface area contributed by atoms with Gasteiger partial charge in [0.25, 0.3) is 5.91 Å². The Balaban J connectivity index is 1.95. The molecule has 2 unspecified atom stereocenters. The maximum absolute atomic E-state index is 12.4. The molecule has 2 fully saturated rings. The Bertz CT molecular complexity index is 248. The monoisotopic (exact) mass is 241 g/mol. The maximum Gasteiger partial charge on any atom is 0.253 e. The number of hydrogen-bond acceptors (Lipinski definition) is 4. The summed E-state index contributed by atoms with van der Waals surface area (Å²) in [5, 5.41) is 6.53. The molecule has 17 heavy (non-hydrogen) atoms. The van der Waals surface area contributed by atoms with E-state index in [1.54, 1.807) is 0 Å². The molecule has 2 rings (SSSR count). The zero-order valence-corrected chi connectivity index (χ0v) is 10.6. The third-order valence-electron chi connectivity index (χ3n) is 3.43. The summed E-state index contributed by atoms with van der Waals surface area (Å²) in [6.45, 7) is 7.03. The number of rotatable bonds is 4. The summed E-state index contributed by atoms with van der Waals surface area (Å²) in [6, 6.07) is 0.355. The average Bonchev–Trinajstić information content (AvgIpc) is 2.90. The zero-order valence-electron chi connectivity index (χ0n) is 10.6. The first kappa shape index (κ1) is 12.8. The lowest BCUT2D eigenvalue weighted by molar-refractivity contribution is -0.147. The van der Waals surface area contributed by atoms with E-state index < -0.39 is 0 Å². The Morgan fingerprint density at radius 2 is 2.18 bits per heavy atom. The highest BCUT2D eigenvalue weighted by atomic mass is 16.5. The van der Waals surface area contributed by atoms with E-state index in [-0.39, 0.29) is 12.0 Å². The lowest BCUT2D eigenvalue weighted by Gasteiger charge is -2.33. The van der Waals surface area contributed by atoms with E-state index in [2.05, 4.69) is 17.6 Å². The minimum Gasteiger partial charge on any atom is -0.366 e. The molecule has 2 atom stereocenters. The molecular weight excluding hydrogens is 218 g/mol. The summed E-state index contributed by atoms with van der Waals surface area (Å²) in [7, 11) is 0. The van der Waals surface area contributed by atoms with Crippen molar-refractivity contribution >= 4 is 5.91 Å². The molecule has 2 N–H and O–H groups in total. The number of morpholine rings is 1. The lowest BCUT2D eigenvalue weighted by atomic mass is 10.1. The standard InChI is InChI=1S/C12H23N3O2/c1-2-6-15(10-3-4-13-8-10)12(16)11-9-14-5-7-17-11/h10-11,13-14H,2-9H2,1H3. The second-order valence-electron chi connectivity index (χ2n) is 4.74. The first-order chi connectivity index (χ1) is 8.33. The smallest absolute Gasteiger partial charge is 0.253 e. The van der Waals surface area contributed by atoms with Crippen molar-refractivity contribution < 1.29 is 9.53 Å². The highest BCUT2D eigenvalue weighted by molar-refractivity contribution is 5.81. The van der Waals surface area contributed by atoms with Crippen LogP contribution in [0, 0.1) is 0 Å². The normalized spacial score (nSPS) is 29.2. The van der Waals surface area contributed by atoms with Gasteiger partial charge < -0.3 is 20.3 Å². The van der Waals surface area contributed by atoms with Crippen LogP contribution in [0.5, 0.6) is 0 Å². The second-order valence-corrected chi connectivity index (χ2v) is 4.74. The van der Waals surface area contributed by atoms with Gasteiger partial charge in [-0.1, -0.05) is 6.92 Å². The van der Waals surface area contributed by atoms with E-state index in [4.69, 9.17) is 4.74 Å². The van der Waals surface area contributed by atoms with Crippen molar-refractivity contribution in [3.8, 4) is 0 Å². The molecule has 0 spiro atoms. The van der Waals surface area contributed by atoms with Crippen LogP contribution in [0.15, 0.2) is 0 Å². The third-order valence-corrected chi connectivity index (χ3v) is 3.43. The molecule has 98 valence electrons. The van der Waals surface area contributed by atoms with Crippen LogP contribution in [0.25, 0.3) is 0 Å². The molecule has 2 saturated heterocycles. The molecule has 0 aliphatic carbocycles. The molecule has 2 aliphatic rings. The van der Waals surface area contributed by atoms with Crippen molar-refractivity contribution in [3.05, 3.63) is 0 Å². The Labute approximate surface area is 103 Å². The van der Waals surface area contributed by atoms with Crippen LogP contribution in [0.3, 0.4) is 0 Å². The summed E-state index contributed by atoms with van der Waals surface area (Å²) in [5.74, 6) is 0.160. The predicted octanol–water partition coefficient (Wildman–Crippen LogP) is -0.425. The molecule has 5 heteroatoms. The number of nitrogens with one attached hydrogen (secondary N) is 2. The fourth-order valence-corrected chi connectivity index (χ4v) is 2.53. The fourth-order valence-electron chi connectivity index (χ4n) is 2.53. The van der Waals surface area contributed by atoms with E-state index in [9.17, 15) is 4.79 Å². The molecule has 0 saturated carbocycles. The summed E-state index contributed by atoms with van der Waals surface area (Å²) in [4.78, 5) is 14.4. The molecule has 1 amide bonds. The molecule has 0 bridgehead atoms. The molecule has 0 aromatic rings. The number of carbonyl (C=O) groups excluding carboxylic acids is 1. The Kier molecular flexibility index (Phi) is 4.76. The van der Waals surface area contributed by atoms with Gasteiger partial charge >= 0.3 is 0 Å². The van der Waals surface area contributed by atoms with Crippen LogP contribution < -0.4 is 10.6 Å². The second kappa shape index (κ2) is 6.33. The maximum atomic E-state index is 12.4. The van der Waals surface area contributed by atoms with E-state index in [1.807, 2.05) is 4.90 Å². The van der Waals surface area contributed by atoms with Gasteiger partial charge in [0.15, 0.2) is 0 Å². The lowest BCUT2D eigenvalue weighted by Crippen LogP contribution is -2.53. The molecule has 0 aromatic carbocycles. The quantitative estimate of drug-likeness (QED) is 0.701. The Hall–Kier alpha value is -0.650. The van der Waals surface area contributed by atoms with Gasteiger partial charge in [0.05, 0.1) is 6.61 Å². The van der Waals surface area contributed by atoms with Crippen molar-refractivity contribution in [2.45, 2.75) is 31.9 Å². The van der Waals surface area contributed by atoms with E-state index in [0.717, 1.165) is 39.0 Å². The summed E-state index contributed by atoms with van der Waals surface area (Å²) in [5.41, 5.74) is 0. The average molecular weight is 241 g/mol. The number of carbonyl (C=O) groups is 1. The van der Waals surface area contributed by atoms with Crippen molar-refractivity contribution in [3.63, 3.8) is 0 Å². The highest BCUT2D eigenvalue weighted by Gasteiger charge is 2.32. The van der Waals surface area contributed by atoms with Crippen LogP contribution in [0.1, 0.15) is 19.8 Å². The van der Waals surface area contributed by atoms with Crippen LogP contribution in [-0.2, 0) is 9.53 Å². The molecule has 2 aliphatic heterocycles. The van der Waals surface area contributed by atoms with Crippen LogP contribution in [0.4, 0.5) is 0 Å². The van der Waals surface area contributed by atoms with E-state index in [0.29, 0.717) is 19.2 Å². The van der Waals surface area contributed by atoms with Crippen molar-refractivity contribution in [1.82, 2.24) is 15.5 Å². The fraction of sp³-hybridized carbons (Fsp3) is 0.917. The van der Waals surface area contributed by atoms with Gasteiger partial charge in [0.2, 0.25) is 0 Å². The van der Waals surface area contributed by atoms with Crippen LogP contribution >= 0.6 is 0 Å². The Morgan fingerprint density at radius 3 is 2.76 bits per heavy atom. The summed E-state index contributed by atoms with van der Waals surface area (Å²) >= 11 is 0. The van der Waals surface area contributed by atoms with Crippen molar-refractivity contribution in [1.29, 1.82) is 0 Å². The van der Waals surface area contributed by atoms with Gasteiger partial charge in [-0.3, -0.25) is 4.79 Å². The van der Waals surface area contributed by atoms with E-state index >= 15 is 0 Å². The summed E-state index contributed by atoms with van der Waals surface area (Å²) < 4.78 is 5.55. The largest absolute Gasteiger partial charge is 0.366 e. The van der Waals surface area contributed by atoms with Gasteiger partial charge in [-0.15, -0.1) is 0 Å². The minimum absolute atomic E-state index is 0.160. The van der Waals surface area contributed by atoms with E-state index in [1.165, 1.54) is 0 Å². The number of ether oxygens (including phenoxy) is 1. The predicted molar refractivity (Wildman–Crippen MR) is 65.9 cm³/mol. The number of nitrogens with zero attached hydrogens (tertiary/aromatic N) is 1. The van der Waals surface area contributed by atoms with Crippen molar-refractivity contribution in [2.24, 2.45) is 0 Å². The molecule has 0 aromatic heterocycles. The van der Waals surface area contributed by atoms with Gasteiger partial charge in [0, 0.05) is 32.2 Å². The molecule has 0 radical (unpaired) electrons. The number of amides is 1. The van der Waals surface area contributed by atoms with Crippen molar-refractivity contribution in [2.75, 3.05) is 39.3 Å². The third kappa shape index (κ3) is 3.18. The first-order valence-corrected chi connectivity index (χ1v) is 6.66. The van der Waals surface area contributed by atoms with Gasteiger partial charge in [-0.05, 0) is 19.4 Å². The van der Waals surface area contributed by atoms with Gasteiger partial charge in [-0.2, -0.15) is 0 Å². The van der Waals surface area contributed by atoms with Gasteiger partial charge in [0.1, 0.15) is 6.10 Å². The zero-order chi connectivity index (χ0) is 12.1. The Morgan fingerprint density at radius 1 is 1.35 bits per heavy atom. The molecule has 2 heterocycles. The van der Waals surface area contributed by atoms with Crippen LogP contribution in [-0.4, -0.2) is 62.3 Å². The first-order valence-electron chi connectivity index (χ1n) is 6.66. The summed E-state index contributed by atoms with van der Waals surface area (Å²) in [6.07, 6.45) is 1.78. The highest BCUT2D eigenvalue weighted by Crippen LogP contribution is 2.13. The van der Waals surface area contributed by atoms with Gasteiger partial charge in [-0.25, -0.2) is 0 Å². The number of hydrogen-bond donors (Lipinski definition) is 2. The molecular formula is C12H23N3O2. The molecule has 5 nitrogen and oxygen atoms in total.